The van der Waals surface area contributed by atoms with Crippen LogP contribution in [-0.2, 0) is 9.05 Å². The first-order chi connectivity index (χ1) is 8.38. The van der Waals surface area contributed by atoms with Crippen molar-refractivity contribution in [3.63, 3.8) is 0 Å². The largest absolute Gasteiger partial charge is 0.491 e. The lowest BCUT2D eigenvalue weighted by Crippen LogP contribution is -2.02. The van der Waals surface area contributed by atoms with E-state index in [1.165, 1.54) is 12.1 Å². The van der Waals surface area contributed by atoms with Gasteiger partial charge in [0.05, 0.1) is 11.6 Å². The van der Waals surface area contributed by atoms with Gasteiger partial charge in [0.2, 0.25) is 0 Å². The SMILES string of the molecule is CCSCCOc1ccc(S(=O)(=O)Cl)c(Cl)c1Cl. The molecule has 0 bridgehead atoms. The van der Waals surface area contributed by atoms with Crippen LogP contribution in [0.5, 0.6) is 5.75 Å². The molecule has 8 heteroatoms. The standard InChI is InChI=1S/C10H11Cl3O3S2/c1-2-17-6-5-16-7-3-4-8(18(13,14)15)10(12)9(7)11/h3-4H,2,5-6H2,1H3. The van der Waals surface area contributed by atoms with E-state index in [9.17, 15) is 8.42 Å². The van der Waals surface area contributed by atoms with Gasteiger partial charge in [0.15, 0.2) is 0 Å². The maximum atomic E-state index is 11.2. The van der Waals surface area contributed by atoms with Crippen molar-refractivity contribution in [3.05, 3.63) is 22.2 Å². The molecule has 0 unspecified atom stereocenters. The van der Waals surface area contributed by atoms with E-state index in [2.05, 4.69) is 6.92 Å². The average Bonchev–Trinajstić information content (AvgIpc) is 2.28. The second kappa shape index (κ2) is 7.10. The van der Waals surface area contributed by atoms with E-state index in [4.69, 9.17) is 38.6 Å². The van der Waals surface area contributed by atoms with Crippen LogP contribution in [0.15, 0.2) is 17.0 Å². The molecule has 1 aromatic carbocycles. The summed E-state index contributed by atoms with van der Waals surface area (Å²) in [5.74, 6) is 2.17. The summed E-state index contributed by atoms with van der Waals surface area (Å²) in [5.41, 5.74) is 0. The van der Waals surface area contributed by atoms with Gasteiger partial charge in [-0.3, -0.25) is 0 Å². The summed E-state index contributed by atoms with van der Waals surface area (Å²) in [6.45, 7) is 2.52. The Morgan fingerprint density at radius 2 is 1.94 bits per heavy atom. The van der Waals surface area contributed by atoms with E-state index in [1.807, 2.05) is 0 Å². The summed E-state index contributed by atoms with van der Waals surface area (Å²) >= 11 is 13.5. The molecule has 0 spiro atoms. The van der Waals surface area contributed by atoms with Gasteiger partial charge in [-0.25, -0.2) is 8.42 Å². The van der Waals surface area contributed by atoms with Crippen molar-refractivity contribution in [2.45, 2.75) is 11.8 Å². The molecule has 1 rings (SSSR count). The third-order valence-corrected chi connectivity index (χ3v) is 5.17. The second-order valence-corrected chi connectivity index (χ2v) is 7.86. The molecule has 0 N–H and O–H groups in total. The molecule has 0 fully saturated rings. The lowest BCUT2D eigenvalue weighted by Gasteiger charge is -2.10. The molecule has 0 amide bonds. The van der Waals surface area contributed by atoms with Crippen molar-refractivity contribution >= 4 is 54.7 Å². The molecule has 0 aromatic heterocycles. The Bertz CT molecular complexity index is 517. The topological polar surface area (TPSA) is 43.4 Å². The molecule has 0 saturated heterocycles. The number of rotatable bonds is 6. The molecule has 0 aliphatic rings. The molecule has 0 aliphatic carbocycles. The average molecular weight is 350 g/mol. The molecule has 1 aromatic rings. The monoisotopic (exact) mass is 348 g/mol. The van der Waals surface area contributed by atoms with Gasteiger partial charge >= 0.3 is 0 Å². The number of benzene rings is 1. The van der Waals surface area contributed by atoms with Gasteiger partial charge in [0.1, 0.15) is 15.7 Å². The molecule has 102 valence electrons. The normalized spacial score (nSPS) is 11.6. The quantitative estimate of drug-likeness (QED) is 0.574. The highest BCUT2D eigenvalue weighted by atomic mass is 35.7. The zero-order chi connectivity index (χ0) is 13.8. The molecule has 3 nitrogen and oxygen atoms in total. The first-order valence-corrected chi connectivity index (χ1v) is 9.23. The zero-order valence-electron chi connectivity index (χ0n) is 9.45. The van der Waals surface area contributed by atoms with Gasteiger partial charge in [0.25, 0.3) is 9.05 Å². The van der Waals surface area contributed by atoms with Crippen molar-refractivity contribution in [3.8, 4) is 5.75 Å². The molecular formula is C10H11Cl3O3S2. The number of ether oxygens (including phenoxy) is 1. The fourth-order valence-electron chi connectivity index (χ4n) is 1.17. The van der Waals surface area contributed by atoms with Crippen LogP contribution in [0.3, 0.4) is 0 Å². The Kier molecular flexibility index (Phi) is 6.41. The summed E-state index contributed by atoms with van der Waals surface area (Å²) in [5, 5.41) is -0.0628. The van der Waals surface area contributed by atoms with Crippen LogP contribution in [-0.4, -0.2) is 26.5 Å². The van der Waals surface area contributed by atoms with Gasteiger partial charge in [0, 0.05) is 16.4 Å². The maximum absolute atomic E-state index is 11.2. The minimum Gasteiger partial charge on any atom is -0.491 e. The molecular weight excluding hydrogens is 339 g/mol. The zero-order valence-corrected chi connectivity index (χ0v) is 13.4. The minimum atomic E-state index is -3.91. The molecule has 0 atom stereocenters. The van der Waals surface area contributed by atoms with Crippen molar-refractivity contribution in [2.24, 2.45) is 0 Å². The number of halogens is 3. The number of thioether (sulfide) groups is 1. The number of hydrogen-bond acceptors (Lipinski definition) is 4. The first-order valence-electron chi connectivity index (χ1n) is 5.01. The predicted molar refractivity (Wildman–Crippen MR) is 78.0 cm³/mol. The fraction of sp³-hybridized carbons (Fsp3) is 0.400. The van der Waals surface area contributed by atoms with E-state index < -0.39 is 9.05 Å². The third kappa shape index (κ3) is 4.38. The minimum absolute atomic E-state index is 0.0555. The van der Waals surface area contributed by atoms with Gasteiger partial charge in [-0.1, -0.05) is 30.1 Å². The van der Waals surface area contributed by atoms with Crippen molar-refractivity contribution in [2.75, 3.05) is 18.1 Å². The maximum Gasteiger partial charge on any atom is 0.262 e. The summed E-state index contributed by atoms with van der Waals surface area (Å²) < 4.78 is 27.8. The summed E-state index contributed by atoms with van der Waals surface area (Å²) in [6.07, 6.45) is 0. The van der Waals surface area contributed by atoms with E-state index in [-0.39, 0.29) is 14.9 Å². The van der Waals surface area contributed by atoms with Crippen LogP contribution in [0.2, 0.25) is 10.0 Å². The van der Waals surface area contributed by atoms with Crippen molar-refractivity contribution in [1.29, 1.82) is 0 Å². The molecule has 18 heavy (non-hydrogen) atoms. The second-order valence-electron chi connectivity index (χ2n) is 3.17. The highest BCUT2D eigenvalue weighted by molar-refractivity contribution is 8.13. The van der Waals surface area contributed by atoms with E-state index in [1.54, 1.807) is 11.8 Å². The Hall–Kier alpha value is 0.190. The van der Waals surface area contributed by atoms with E-state index in [0.29, 0.717) is 12.4 Å². The highest BCUT2D eigenvalue weighted by Crippen LogP contribution is 2.37. The Balaban J connectivity index is 2.88. The van der Waals surface area contributed by atoms with Crippen LogP contribution >= 0.6 is 45.6 Å². The highest BCUT2D eigenvalue weighted by Gasteiger charge is 2.19. The Morgan fingerprint density at radius 1 is 1.28 bits per heavy atom. The van der Waals surface area contributed by atoms with Crippen molar-refractivity contribution < 1.29 is 13.2 Å². The summed E-state index contributed by atoms with van der Waals surface area (Å²) in [4.78, 5) is -0.217. The molecule has 0 heterocycles. The Labute approximate surface area is 125 Å². The van der Waals surface area contributed by atoms with Gasteiger partial charge < -0.3 is 4.74 Å². The summed E-state index contributed by atoms with van der Waals surface area (Å²) in [7, 11) is 1.31. The van der Waals surface area contributed by atoms with Gasteiger partial charge in [-0.05, 0) is 17.9 Å². The van der Waals surface area contributed by atoms with Gasteiger partial charge in [-0.2, -0.15) is 11.8 Å². The molecule has 0 radical (unpaired) electrons. The lowest BCUT2D eigenvalue weighted by atomic mass is 10.3. The molecule has 0 saturated carbocycles. The molecule has 0 aliphatic heterocycles. The first kappa shape index (κ1) is 16.2. The van der Waals surface area contributed by atoms with E-state index >= 15 is 0 Å². The van der Waals surface area contributed by atoms with Crippen LogP contribution < -0.4 is 4.74 Å². The van der Waals surface area contributed by atoms with Crippen LogP contribution in [0, 0.1) is 0 Å². The van der Waals surface area contributed by atoms with Crippen LogP contribution in [0.25, 0.3) is 0 Å². The van der Waals surface area contributed by atoms with Crippen LogP contribution in [0.1, 0.15) is 6.92 Å². The third-order valence-electron chi connectivity index (χ3n) is 1.96. The lowest BCUT2D eigenvalue weighted by molar-refractivity contribution is 0.344. The fourth-order valence-corrected chi connectivity index (χ4v) is 3.45. The predicted octanol–water partition coefficient (Wildman–Crippen LogP) is 4.05. The summed E-state index contributed by atoms with van der Waals surface area (Å²) in [6, 6.07) is 2.72. The van der Waals surface area contributed by atoms with Crippen LogP contribution in [0.4, 0.5) is 0 Å². The smallest absolute Gasteiger partial charge is 0.262 e. The van der Waals surface area contributed by atoms with Gasteiger partial charge in [-0.15, -0.1) is 0 Å². The van der Waals surface area contributed by atoms with E-state index in [0.717, 1.165) is 11.5 Å². The van der Waals surface area contributed by atoms with Crippen molar-refractivity contribution in [1.82, 2.24) is 0 Å². The Morgan fingerprint density at radius 3 is 2.50 bits per heavy atom. The number of hydrogen-bond donors (Lipinski definition) is 0.